The molecular weight excluding hydrogens is 427 g/mol. The number of benzene rings is 2. The first-order valence-corrected chi connectivity index (χ1v) is 9.08. The van der Waals surface area contributed by atoms with Crippen LogP contribution >= 0.6 is 0 Å². The molecule has 0 unspecified atom stereocenters. The number of halogens is 10. The predicted molar refractivity (Wildman–Crippen MR) is 77.0 cm³/mol. The standard InChI is InChI=1S/2C6BF5O.CH3.Al/c2*8-2-1(7-13)3(9)5(11)6(12)4(2)10;;/h;;1H3;/q2*-1;;+2. The van der Waals surface area contributed by atoms with Gasteiger partial charge in [0.2, 0.25) is 0 Å². The van der Waals surface area contributed by atoms with Gasteiger partial charge in [-0.2, -0.15) is 0 Å². The first-order valence-electron chi connectivity index (χ1n) is 6.99. The van der Waals surface area contributed by atoms with Gasteiger partial charge in [-0.25, -0.2) is 43.9 Å². The molecule has 2 radical (unpaired) electrons. The normalized spacial score (nSPS) is 11.0. The van der Waals surface area contributed by atoms with Gasteiger partial charge in [0.15, 0.2) is 58.2 Å². The van der Waals surface area contributed by atoms with Gasteiger partial charge in [-0.05, 0) is 0 Å². The zero-order valence-electron chi connectivity index (χ0n) is 13.3. The Morgan fingerprint density at radius 3 is 0.929 bits per heavy atom. The molecule has 0 aliphatic carbocycles. The summed E-state index contributed by atoms with van der Waals surface area (Å²) in [7, 11) is 0.249. The molecule has 28 heavy (non-hydrogen) atoms. The largest absolute Gasteiger partial charge is 0.639 e. The van der Waals surface area contributed by atoms with Gasteiger partial charge in [0.1, 0.15) is 0 Å². The van der Waals surface area contributed by atoms with Crippen molar-refractivity contribution in [3.8, 4) is 0 Å². The van der Waals surface area contributed by atoms with Crippen molar-refractivity contribution in [3.63, 3.8) is 0 Å². The van der Waals surface area contributed by atoms with E-state index >= 15 is 0 Å². The van der Waals surface area contributed by atoms with Crippen LogP contribution in [0.1, 0.15) is 0 Å². The van der Waals surface area contributed by atoms with Crippen LogP contribution in [0.4, 0.5) is 43.9 Å². The maximum absolute atomic E-state index is 13.5. The van der Waals surface area contributed by atoms with Crippen molar-refractivity contribution < 1.29 is 51.3 Å². The molecule has 0 saturated heterocycles. The minimum Gasteiger partial charge on any atom is -0.545 e. The molecule has 0 saturated carbocycles. The summed E-state index contributed by atoms with van der Waals surface area (Å²) < 4.78 is 141. The molecule has 0 spiro atoms. The van der Waals surface area contributed by atoms with E-state index in [0.29, 0.717) is 0 Å². The third-order valence-corrected chi connectivity index (χ3v) is 4.28. The van der Waals surface area contributed by atoms with Crippen LogP contribution in [-0.2, 0) is 7.41 Å². The van der Waals surface area contributed by atoms with Crippen molar-refractivity contribution in [1.29, 1.82) is 0 Å². The Bertz CT molecular complexity index is 798. The van der Waals surface area contributed by atoms with Crippen molar-refractivity contribution in [2.75, 3.05) is 0 Å². The second-order valence-corrected chi connectivity index (χ2v) is 6.72. The summed E-state index contributed by atoms with van der Waals surface area (Å²) >= 11 is -3.17. The number of hydrogen-bond acceptors (Lipinski definition) is 2. The third-order valence-electron chi connectivity index (χ3n) is 3.24. The Morgan fingerprint density at radius 2 is 0.679 bits per heavy atom. The lowest BCUT2D eigenvalue weighted by Gasteiger charge is -2.13. The summed E-state index contributed by atoms with van der Waals surface area (Å²) in [5.74, 6) is -21.5. The van der Waals surface area contributed by atoms with E-state index < -0.39 is 83.9 Å². The van der Waals surface area contributed by atoms with E-state index in [1.807, 2.05) is 0 Å². The first kappa shape index (κ1) is 22.6. The van der Waals surface area contributed by atoms with Crippen LogP contribution in [0.15, 0.2) is 0 Å². The van der Waals surface area contributed by atoms with Crippen LogP contribution in [0.25, 0.3) is 0 Å². The molecule has 0 atom stereocenters. The molecule has 0 fully saturated rings. The Morgan fingerprint density at radius 1 is 0.464 bits per heavy atom. The summed E-state index contributed by atoms with van der Waals surface area (Å²) in [5, 5.41) is 0. The highest BCUT2D eigenvalue weighted by Crippen LogP contribution is 2.17. The average molecular weight is 430 g/mol. The van der Waals surface area contributed by atoms with Crippen molar-refractivity contribution in [2.45, 2.75) is 5.79 Å². The molecule has 2 aromatic rings. The Hall–Kier alpha value is -1.68. The van der Waals surface area contributed by atoms with Gasteiger partial charge < -0.3 is 7.41 Å². The predicted octanol–water partition coefficient (Wildman–Crippen LogP) is 2.42. The van der Waals surface area contributed by atoms with Crippen LogP contribution in [-0.4, -0.2) is 29.8 Å². The van der Waals surface area contributed by atoms with Gasteiger partial charge in [0.25, 0.3) is 0 Å². The van der Waals surface area contributed by atoms with E-state index in [1.54, 1.807) is 0 Å². The topological polar surface area (TPSA) is 18.5 Å². The molecule has 2 nitrogen and oxygen atoms in total. The van der Waals surface area contributed by atoms with Gasteiger partial charge in [0.05, 0.1) is 0 Å². The summed E-state index contributed by atoms with van der Waals surface area (Å²) in [6.07, 6.45) is 0. The molecule has 15 heteroatoms. The van der Waals surface area contributed by atoms with Crippen molar-refractivity contribution in [3.05, 3.63) is 58.2 Å². The fraction of sp³-hybridized carbons (Fsp3) is 0.0769. The fourth-order valence-corrected chi connectivity index (χ4v) is 2.53. The summed E-state index contributed by atoms with van der Waals surface area (Å²) in [4.78, 5) is 0. The van der Waals surface area contributed by atoms with E-state index in [9.17, 15) is 43.9 Å². The van der Waals surface area contributed by atoms with Gasteiger partial charge in [0, 0.05) is 10.9 Å². The van der Waals surface area contributed by atoms with E-state index in [2.05, 4.69) is 7.41 Å². The molecule has 0 N–H and O–H groups in total. The molecule has 0 amide bonds. The summed E-state index contributed by atoms with van der Waals surface area (Å²) in [5.41, 5.74) is -2.90. The highest BCUT2D eigenvalue weighted by molar-refractivity contribution is 6.64. The summed E-state index contributed by atoms with van der Waals surface area (Å²) in [6, 6.07) is 0. The zero-order valence-corrected chi connectivity index (χ0v) is 14.5. The molecule has 0 heterocycles. The van der Waals surface area contributed by atoms with Gasteiger partial charge >= 0.3 is 29.8 Å². The molecule has 146 valence electrons. The van der Waals surface area contributed by atoms with Gasteiger partial charge in [-0.15, -0.1) is 0 Å². The lowest BCUT2D eigenvalue weighted by atomic mass is 9.87. The third kappa shape index (κ3) is 4.17. The highest BCUT2D eigenvalue weighted by atomic mass is 27.2. The molecule has 0 aromatic heterocycles. The number of rotatable bonds is 6. The van der Waals surface area contributed by atoms with E-state index in [0.717, 1.165) is 5.79 Å². The van der Waals surface area contributed by atoms with Crippen molar-refractivity contribution in [2.24, 2.45) is 0 Å². The lowest BCUT2D eigenvalue weighted by molar-refractivity contribution is 0.381. The van der Waals surface area contributed by atoms with Gasteiger partial charge in [-0.1, -0.05) is 5.79 Å². The van der Waals surface area contributed by atoms with E-state index in [4.69, 9.17) is 0 Å². The van der Waals surface area contributed by atoms with E-state index in [-0.39, 0.29) is 15.0 Å². The Kier molecular flexibility index (Phi) is 7.08. The van der Waals surface area contributed by atoms with Crippen LogP contribution in [0.3, 0.4) is 0 Å². The highest BCUT2D eigenvalue weighted by Gasteiger charge is 2.30. The van der Waals surface area contributed by atoms with Crippen LogP contribution in [0.5, 0.6) is 0 Å². The molecule has 0 aliphatic heterocycles. The molecule has 0 bridgehead atoms. The van der Waals surface area contributed by atoms with Crippen LogP contribution in [0, 0.1) is 58.2 Å². The second kappa shape index (κ2) is 8.77. The minimum atomic E-state index is -3.17. The van der Waals surface area contributed by atoms with Crippen LogP contribution < -0.4 is 10.9 Å². The van der Waals surface area contributed by atoms with Crippen molar-refractivity contribution >= 4 is 40.7 Å². The monoisotopic (exact) mass is 430 g/mol. The van der Waals surface area contributed by atoms with E-state index in [1.165, 1.54) is 0 Å². The number of hydrogen-bond donors (Lipinski definition) is 0. The summed E-state index contributed by atoms with van der Waals surface area (Å²) in [6.45, 7) is 0. The first-order chi connectivity index (χ1) is 13.0. The maximum atomic E-state index is 13.5. The smallest absolute Gasteiger partial charge is 0.545 e. The Balaban J connectivity index is 2.11. The second-order valence-electron chi connectivity index (χ2n) is 5.04. The fourth-order valence-electron chi connectivity index (χ4n) is 1.81. The van der Waals surface area contributed by atoms with Crippen molar-refractivity contribution in [1.82, 2.24) is 0 Å². The lowest BCUT2D eigenvalue weighted by Crippen LogP contribution is -2.37. The average Bonchev–Trinajstić information content (AvgIpc) is 2.67. The Labute approximate surface area is 156 Å². The molecule has 2 rings (SSSR count). The SMILES string of the molecule is [CH3][Al]([O][B]c1c(F)c(F)c(F)c(F)c1F)[O][B]c1c(F)c(F)c(F)c(F)c1F. The molecule has 0 aliphatic rings. The van der Waals surface area contributed by atoms with Crippen LogP contribution in [0.2, 0.25) is 5.79 Å². The minimum absolute atomic E-state index is 0.125. The van der Waals surface area contributed by atoms with Gasteiger partial charge in [-0.3, -0.25) is 0 Å². The maximum Gasteiger partial charge on any atom is 0.639 e. The quantitative estimate of drug-likeness (QED) is 0.304. The molecule has 2 aromatic carbocycles. The zero-order chi connectivity index (χ0) is 21.3. The molecular formula is C13H3AlB2F10O2.